The molecule has 2 aliphatic heterocycles. The van der Waals surface area contributed by atoms with E-state index in [-0.39, 0.29) is 10.6 Å². The zero-order chi connectivity index (χ0) is 18.0. The molecule has 1 aromatic rings. The van der Waals surface area contributed by atoms with E-state index in [1.54, 1.807) is 12.1 Å². The van der Waals surface area contributed by atoms with Crippen LogP contribution in [0.3, 0.4) is 0 Å². The van der Waals surface area contributed by atoms with E-state index >= 15 is 0 Å². The van der Waals surface area contributed by atoms with Crippen LogP contribution >= 0.6 is 0 Å². The van der Waals surface area contributed by atoms with Crippen LogP contribution in [0.2, 0.25) is 0 Å². The molecule has 0 amide bonds. The molecule has 0 radical (unpaired) electrons. The molecule has 2 saturated heterocycles. The van der Waals surface area contributed by atoms with Crippen molar-refractivity contribution in [2.45, 2.75) is 25.4 Å². The largest absolute Gasteiger partial charge is 0.388 e. The number of anilines is 1. The van der Waals surface area contributed by atoms with Crippen LogP contribution < -0.4 is 4.90 Å². The maximum absolute atomic E-state index is 11.0. The summed E-state index contributed by atoms with van der Waals surface area (Å²) in [7, 11) is 2.14. The molecular formula is C18H28N4O3. The lowest BCUT2D eigenvalue weighted by Crippen LogP contribution is -2.54. The predicted molar refractivity (Wildman–Crippen MR) is 98.2 cm³/mol. The Balaban J connectivity index is 1.58. The quantitative estimate of drug-likeness (QED) is 0.656. The molecule has 25 heavy (non-hydrogen) atoms. The second-order valence-corrected chi connectivity index (χ2v) is 7.52. The molecule has 0 atom stereocenters. The molecular weight excluding hydrogens is 320 g/mol. The van der Waals surface area contributed by atoms with Crippen LogP contribution in [0.25, 0.3) is 0 Å². The van der Waals surface area contributed by atoms with E-state index in [2.05, 4.69) is 21.7 Å². The Hall–Kier alpha value is -1.70. The number of likely N-dealkylation sites (N-methyl/N-ethyl adjacent to an activating group) is 1. The number of nitrogens with zero attached hydrogens (tertiary/aromatic N) is 4. The van der Waals surface area contributed by atoms with Crippen LogP contribution in [-0.2, 0) is 0 Å². The van der Waals surface area contributed by atoms with E-state index in [4.69, 9.17) is 0 Å². The number of nitro groups is 1. The Morgan fingerprint density at radius 3 is 2.36 bits per heavy atom. The van der Waals surface area contributed by atoms with Gasteiger partial charge in [0.05, 0.1) is 10.5 Å². The van der Waals surface area contributed by atoms with Gasteiger partial charge >= 0.3 is 0 Å². The summed E-state index contributed by atoms with van der Waals surface area (Å²) in [5.41, 5.74) is 1.46. The number of hydrogen-bond acceptors (Lipinski definition) is 6. The number of aryl methyl sites for hydroxylation is 1. The highest BCUT2D eigenvalue weighted by Crippen LogP contribution is 2.31. The second kappa shape index (κ2) is 7.27. The Kier molecular flexibility index (Phi) is 5.27. The van der Waals surface area contributed by atoms with Gasteiger partial charge in [0.1, 0.15) is 0 Å². The van der Waals surface area contributed by atoms with Gasteiger partial charge in [0.2, 0.25) is 0 Å². The summed E-state index contributed by atoms with van der Waals surface area (Å²) in [5.74, 6) is 0. The van der Waals surface area contributed by atoms with Gasteiger partial charge in [-0.15, -0.1) is 0 Å². The van der Waals surface area contributed by atoms with E-state index < -0.39 is 5.60 Å². The number of piperidine rings is 1. The topological polar surface area (TPSA) is 73.1 Å². The number of β-amino-alcohol motifs (C(OH)–C–C–N with tert-alkyl or cyclic N) is 1. The van der Waals surface area contributed by atoms with Crippen LogP contribution in [0.5, 0.6) is 0 Å². The van der Waals surface area contributed by atoms with Crippen LogP contribution in [0.15, 0.2) is 18.2 Å². The average Bonchev–Trinajstić information content (AvgIpc) is 2.58. The summed E-state index contributed by atoms with van der Waals surface area (Å²) in [4.78, 5) is 17.4. The Morgan fingerprint density at radius 2 is 1.80 bits per heavy atom. The highest BCUT2D eigenvalue weighted by atomic mass is 16.6. The molecule has 7 heteroatoms. The third-order valence-corrected chi connectivity index (χ3v) is 5.54. The first kappa shape index (κ1) is 18.1. The lowest BCUT2D eigenvalue weighted by Gasteiger charge is -2.43. The van der Waals surface area contributed by atoms with Crippen molar-refractivity contribution < 1.29 is 10.0 Å². The van der Waals surface area contributed by atoms with Crippen molar-refractivity contribution in [2.75, 3.05) is 57.8 Å². The molecule has 0 unspecified atom stereocenters. The van der Waals surface area contributed by atoms with Crippen LogP contribution in [-0.4, -0.2) is 78.3 Å². The minimum Gasteiger partial charge on any atom is -0.388 e. The fourth-order valence-electron chi connectivity index (χ4n) is 3.85. The van der Waals surface area contributed by atoms with Gasteiger partial charge in [-0.1, -0.05) is 0 Å². The zero-order valence-electron chi connectivity index (χ0n) is 15.1. The number of aliphatic hydroxyl groups is 1. The number of piperazine rings is 1. The van der Waals surface area contributed by atoms with Gasteiger partial charge in [-0.2, -0.15) is 0 Å². The van der Waals surface area contributed by atoms with Gasteiger partial charge in [-0.3, -0.25) is 15.0 Å². The van der Waals surface area contributed by atoms with Gasteiger partial charge in [0.15, 0.2) is 0 Å². The van der Waals surface area contributed by atoms with E-state index in [0.29, 0.717) is 0 Å². The maximum atomic E-state index is 11.0. The number of nitro benzene ring substituents is 1. The van der Waals surface area contributed by atoms with Crippen molar-refractivity contribution in [1.82, 2.24) is 9.80 Å². The fraction of sp³-hybridized carbons (Fsp3) is 0.667. The SMILES string of the molecule is Cc1cc([N+](=O)[O-])ccc1N1CCC(O)(CN2CCN(C)CC2)CC1. The lowest BCUT2D eigenvalue weighted by atomic mass is 9.90. The molecule has 7 nitrogen and oxygen atoms in total. The third-order valence-electron chi connectivity index (χ3n) is 5.54. The molecule has 2 aliphatic rings. The van der Waals surface area contributed by atoms with Crippen LogP contribution in [0.4, 0.5) is 11.4 Å². The molecule has 0 aromatic heterocycles. The summed E-state index contributed by atoms with van der Waals surface area (Å²) in [6, 6.07) is 5.02. The summed E-state index contributed by atoms with van der Waals surface area (Å²) < 4.78 is 0. The van der Waals surface area contributed by atoms with Crippen molar-refractivity contribution in [1.29, 1.82) is 0 Å². The first-order valence-electron chi connectivity index (χ1n) is 9.00. The van der Waals surface area contributed by atoms with E-state index in [1.807, 2.05) is 13.0 Å². The highest BCUT2D eigenvalue weighted by Gasteiger charge is 2.35. The van der Waals surface area contributed by atoms with Crippen molar-refractivity contribution in [3.05, 3.63) is 33.9 Å². The molecule has 138 valence electrons. The molecule has 0 spiro atoms. The maximum Gasteiger partial charge on any atom is 0.269 e. The highest BCUT2D eigenvalue weighted by molar-refractivity contribution is 5.57. The normalized spacial score (nSPS) is 22.1. The smallest absolute Gasteiger partial charge is 0.269 e. The summed E-state index contributed by atoms with van der Waals surface area (Å²) >= 11 is 0. The van der Waals surface area contributed by atoms with Gasteiger partial charge < -0.3 is 14.9 Å². The summed E-state index contributed by atoms with van der Waals surface area (Å²) in [6.07, 6.45) is 1.46. The van der Waals surface area contributed by atoms with E-state index in [9.17, 15) is 15.2 Å². The number of rotatable bonds is 4. The molecule has 1 aromatic carbocycles. The number of benzene rings is 1. The standard InChI is InChI=1S/C18H28N4O3/c1-15-13-16(22(24)25)3-4-17(15)21-7-5-18(23,6-8-21)14-20-11-9-19(2)10-12-20/h3-4,13,23H,5-12,14H2,1-2H3. The van der Waals surface area contributed by atoms with Crippen molar-refractivity contribution in [3.63, 3.8) is 0 Å². The Bertz CT molecular complexity index is 621. The van der Waals surface area contributed by atoms with E-state index in [0.717, 1.165) is 69.9 Å². The first-order chi connectivity index (χ1) is 11.9. The zero-order valence-corrected chi connectivity index (χ0v) is 15.1. The predicted octanol–water partition coefficient (Wildman–Crippen LogP) is 1.48. The van der Waals surface area contributed by atoms with Gasteiger partial charge in [0, 0.05) is 63.6 Å². The Labute approximate surface area is 149 Å². The molecule has 0 saturated carbocycles. The third kappa shape index (κ3) is 4.29. The first-order valence-corrected chi connectivity index (χ1v) is 9.00. The molecule has 2 fully saturated rings. The molecule has 2 heterocycles. The van der Waals surface area contributed by atoms with Gasteiger partial charge in [0.25, 0.3) is 5.69 Å². The summed E-state index contributed by atoms with van der Waals surface area (Å²) in [6.45, 7) is 8.37. The average molecular weight is 348 g/mol. The van der Waals surface area contributed by atoms with E-state index in [1.165, 1.54) is 0 Å². The van der Waals surface area contributed by atoms with Gasteiger partial charge in [-0.25, -0.2) is 0 Å². The second-order valence-electron chi connectivity index (χ2n) is 7.52. The number of hydrogen-bond donors (Lipinski definition) is 1. The molecule has 3 rings (SSSR count). The van der Waals surface area contributed by atoms with Crippen molar-refractivity contribution in [2.24, 2.45) is 0 Å². The number of non-ortho nitro benzene ring substituents is 1. The molecule has 0 bridgehead atoms. The monoisotopic (exact) mass is 348 g/mol. The summed E-state index contributed by atoms with van der Waals surface area (Å²) in [5, 5.41) is 21.9. The lowest BCUT2D eigenvalue weighted by molar-refractivity contribution is -0.384. The van der Waals surface area contributed by atoms with Crippen LogP contribution in [0.1, 0.15) is 18.4 Å². The minimum atomic E-state index is -0.624. The van der Waals surface area contributed by atoms with Crippen molar-refractivity contribution in [3.8, 4) is 0 Å². The fourth-order valence-corrected chi connectivity index (χ4v) is 3.85. The molecule has 0 aliphatic carbocycles. The Morgan fingerprint density at radius 1 is 1.16 bits per heavy atom. The van der Waals surface area contributed by atoms with Crippen molar-refractivity contribution >= 4 is 11.4 Å². The van der Waals surface area contributed by atoms with Crippen LogP contribution in [0, 0.1) is 17.0 Å². The molecule has 1 N–H and O–H groups in total. The minimum absolute atomic E-state index is 0.129. The van der Waals surface area contributed by atoms with Gasteiger partial charge in [-0.05, 0) is 38.4 Å².